The van der Waals surface area contributed by atoms with Gasteiger partial charge in [-0.15, -0.1) is 0 Å². The summed E-state index contributed by atoms with van der Waals surface area (Å²) in [7, 11) is -3.37. The van der Waals surface area contributed by atoms with Gasteiger partial charge in [-0.2, -0.15) is 0 Å². The Morgan fingerprint density at radius 3 is 2.63 bits per heavy atom. The molecule has 1 aliphatic heterocycles. The molecule has 0 saturated carbocycles. The fourth-order valence-electron chi connectivity index (χ4n) is 2.33. The van der Waals surface area contributed by atoms with Crippen LogP contribution in [0.3, 0.4) is 0 Å². The van der Waals surface area contributed by atoms with E-state index in [1.807, 2.05) is 0 Å². The molecule has 4 nitrogen and oxygen atoms in total. The van der Waals surface area contributed by atoms with E-state index in [4.69, 9.17) is 11.6 Å². The van der Waals surface area contributed by atoms with Crippen molar-refractivity contribution in [3.05, 3.63) is 34.6 Å². The first-order valence-corrected chi connectivity index (χ1v) is 7.82. The van der Waals surface area contributed by atoms with Crippen LogP contribution >= 0.6 is 11.6 Å². The molecular formula is C12H12ClFO4S. The number of carboxylic acid groups (broad SMARTS) is 1. The molecule has 7 heteroatoms. The van der Waals surface area contributed by atoms with Gasteiger partial charge in [0.2, 0.25) is 0 Å². The molecule has 1 aromatic carbocycles. The van der Waals surface area contributed by atoms with Gasteiger partial charge in [0, 0.05) is 5.02 Å². The summed E-state index contributed by atoms with van der Waals surface area (Å²) >= 11 is 5.62. The lowest BCUT2D eigenvalue weighted by molar-refractivity contribution is -0.147. The van der Waals surface area contributed by atoms with Crippen LogP contribution in [0.25, 0.3) is 0 Å². The number of hydrogen-bond acceptors (Lipinski definition) is 3. The zero-order valence-electron chi connectivity index (χ0n) is 9.90. The Bertz CT molecular complexity index is 629. The molecule has 1 aliphatic rings. The van der Waals surface area contributed by atoms with Crippen LogP contribution in [0.5, 0.6) is 0 Å². The van der Waals surface area contributed by atoms with Crippen molar-refractivity contribution in [2.45, 2.75) is 12.8 Å². The zero-order chi connectivity index (χ0) is 14.3. The van der Waals surface area contributed by atoms with E-state index < -0.39 is 32.8 Å². The smallest absolute Gasteiger partial charge is 0.311 e. The molecule has 1 N–H and O–H groups in total. The molecule has 0 aromatic heterocycles. The van der Waals surface area contributed by atoms with Gasteiger partial charge in [-0.25, -0.2) is 12.8 Å². The van der Waals surface area contributed by atoms with E-state index in [1.165, 1.54) is 12.1 Å². The molecule has 1 unspecified atom stereocenters. The molecule has 0 spiro atoms. The first-order valence-electron chi connectivity index (χ1n) is 5.62. The highest BCUT2D eigenvalue weighted by Crippen LogP contribution is 2.37. The van der Waals surface area contributed by atoms with Crippen molar-refractivity contribution in [2.24, 2.45) is 5.41 Å². The second-order valence-electron chi connectivity index (χ2n) is 4.84. The van der Waals surface area contributed by atoms with E-state index >= 15 is 0 Å². The molecule has 0 radical (unpaired) electrons. The Labute approximate surface area is 115 Å². The van der Waals surface area contributed by atoms with E-state index in [-0.39, 0.29) is 29.2 Å². The van der Waals surface area contributed by atoms with Gasteiger partial charge in [0.05, 0.1) is 16.9 Å². The lowest BCUT2D eigenvalue weighted by Crippen LogP contribution is -2.35. The molecule has 1 atom stereocenters. The van der Waals surface area contributed by atoms with Crippen molar-refractivity contribution in [3.8, 4) is 0 Å². The number of carboxylic acids is 1. The van der Waals surface area contributed by atoms with Crippen LogP contribution in [-0.4, -0.2) is 31.0 Å². The number of aliphatic carboxylic acids is 1. The standard InChI is InChI=1S/C12H12ClFO4S/c13-9-2-1-8(10(14)5-9)6-12(11(15)16)3-4-19(17,18)7-12/h1-2,5H,3-4,6-7H2,(H,15,16). The molecule has 104 valence electrons. The maximum Gasteiger partial charge on any atom is 0.311 e. The largest absolute Gasteiger partial charge is 0.481 e. The predicted molar refractivity (Wildman–Crippen MR) is 68.5 cm³/mol. The van der Waals surface area contributed by atoms with Gasteiger partial charge in [-0.1, -0.05) is 17.7 Å². The molecular weight excluding hydrogens is 295 g/mol. The first-order chi connectivity index (χ1) is 8.74. The van der Waals surface area contributed by atoms with Crippen LogP contribution in [0, 0.1) is 11.2 Å². The van der Waals surface area contributed by atoms with Crippen LogP contribution in [0.15, 0.2) is 18.2 Å². The summed E-state index contributed by atoms with van der Waals surface area (Å²) in [4.78, 5) is 11.4. The van der Waals surface area contributed by atoms with Crippen LogP contribution in [0.4, 0.5) is 4.39 Å². The summed E-state index contributed by atoms with van der Waals surface area (Å²) in [6.45, 7) is 0. The summed E-state index contributed by atoms with van der Waals surface area (Å²) in [6.07, 6.45) is -0.142. The monoisotopic (exact) mass is 306 g/mol. The molecule has 0 amide bonds. The summed E-state index contributed by atoms with van der Waals surface area (Å²) in [5.41, 5.74) is -1.27. The molecule has 1 fully saturated rings. The highest BCUT2D eigenvalue weighted by Gasteiger charge is 2.48. The number of rotatable bonds is 3. The van der Waals surface area contributed by atoms with Crippen molar-refractivity contribution in [2.75, 3.05) is 11.5 Å². The van der Waals surface area contributed by atoms with E-state index in [2.05, 4.69) is 0 Å². The predicted octanol–water partition coefficient (Wildman–Crippen LogP) is 1.91. The summed E-state index contributed by atoms with van der Waals surface area (Å²) in [6, 6.07) is 3.95. The Balaban J connectivity index is 2.35. The summed E-state index contributed by atoms with van der Waals surface area (Å²) in [5.74, 6) is -2.44. The normalized spacial score (nSPS) is 25.4. The lowest BCUT2D eigenvalue weighted by atomic mass is 9.81. The maximum atomic E-state index is 13.7. The fraction of sp³-hybridized carbons (Fsp3) is 0.417. The quantitative estimate of drug-likeness (QED) is 0.926. The average Bonchev–Trinajstić information content (AvgIpc) is 2.60. The second-order valence-corrected chi connectivity index (χ2v) is 7.46. The Hall–Kier alpha value is -1.14. The van der Waals surface area contributed by atoms with Crippen molar-refractivity contribution in [1.82, 2.24) is 0 Å². The number of hydrogen-bond donors (Lipinski definition) is 1. The minimum absolute atomic E-state index is 0.00668. The topological polar surface area (TPSA) is 71.4 Å². The average molecular weight is 307 g/mol. The zero-order valence-corrected chi connectivity index (χ0v) is 11.5. The fourth-order valence-corrected chi connectivity index (χ4v) is 4.55. The van der Waals surface area contributed by atoms with E-state index in [9.17, 15) is 22.7 Å². The Morgan fingerprint density at radius 2 is 2.16 bits per heavy atom. The van der Waals surface area contributed by atoms with Gasteiger partial charge in [0.1, 0.15) is 5.82 Å². The highest BCUT2D eigenvalue weighted by molar-refractivity contribution is 7.91. The van der Waals surface area contributed by atoms with Crippen LogP contribution in [0.2, 0.25) is 5.02 Å². The van der Waals surface area contributed by atoms with Crippen molar-refractivity contribution in [3.63, 3.8) is 0 Å². The molecule has 0 bridgehead atoms. The van der Waals surface area contributed by atoms with E-state index in [0.717, 1.165) is 6.07 Å². The molecule has 19 heavy (non-hydrogen) atoms. The van der Waals surface area contributed by atoms with Crippen molar-refractivity contribution in [1.29, 1.82) is 0 Å². The summed E-state index contributed by atoms with van der Waals surface area (Å²) < 4.78 is 36.7. The molecule has 1 saturated heterocycles. The van der Waals surface area contributed by atoms with E-state index in [1.54, 1.807) is 0 Å². The minimum Gasteiger partial charge on any atom is -0.481 e. The maximum absolute atomic E-state index is 13.7. The van der Waals surface area contributed by atoms with Gasteiger partial charge in [-0.05, 0) is 30.5 Å². The Morgan fingerprint density at radius 1 is 1.47 bits per heavy atom. The van der Waals surface area contributed by atoms with Crippen LogP contribution < -0.4 is 0 Å². The van der Waals surface area contributed by atoms with Gasteiger partial charge in [0.15, 0.2) is 9.84 Å². The third-order valence-electron chi connectivity index (χ3n) is 3.39. The Kier molecular flexibility index (Phi) is 3.57. The van der Waals surface area contributed by atoms with Gasteiger partial charge >= 0.3 is 5.97 Å². The molecule has 1 aromatic rings. The highest BCUT2D eigenvalue weighted by atomic mass is 35.5. The van der Waals surface area contributed by atoms with Crippen molar-refractivity contribution < 1.29 is 22.7 Å². The lowest BCUT2D eigenvalue weighted by Gasteiger charge is -2.22. The van der Waals surface area contributed by atoms with Gasteiger partial charge < -0.3 is 5.11 Å². The number of sulfone groups is 1. The number of carbonyl (C=O) groups is 1. The van der Waals surface area contributed by atoms with Gasteiger partial charge in [-0.3, -0.25) is 4.79 Å². The first kappa shape index (κ1) is 14.3. The van der Waals surface area contributed by atoms with Crippen LogP contribution in [0.1, 0.15) is 12.0 Å². The summed E-state index contributed by atoms with van der Waals surface area (Å²) in [5, 5.41) is 9.50. The van der Waals surface area contributed by atoms with Gasteiger partial charge in [0.25, 0.3) is 0 Å². The number of halogens is 2. The molecule has 2 rings (SSSR count). The molecule has 0 aliphatic carbocycles. The third kappa shape index (κ3) is 2.90. The third-order valence-corrected chi connectivity index (χ3v) is 5.44. The van der Waals surface area contributed by atoms with Crippen molar-refractivity contribution >= 4 is 27.4 Å². The number of benzene rings is 1. The second kappa shape index (κ2) is 4.76. The van der Waals surface area contributed by atoms with E-state index in [0.29, 0.717) is 0 Å². The SMILES string of the molecule is O=C(O)C1(Cc2ccc(Cl)cc2F)CCS(=O)(=O)C1. The van der Waals surface area contributed by atoms with Crippen LogP contribution in [-0.2, 0) is 21.1 Å². The minimum atomic E-state index is -3.37. The molecule has 1 heterocycles.